The van der Waals surface area contributed by atoms with Crippen LogP contribution in [0.4, 0.5) is 0 Å². The van der Waals surface area contributed by atoms with Crippen molar-refractivity contribution >= 4 is 28.2 Å². The second-order valence-electron chi connectivity index (χ2n) is 6.35. The maximum atomic E-state index is 5.77. The van der Waals surface area contributed by atoms with Crippen LogP contribution in [0.15, 0.2) is 36.4 Å². The van der Waals surface area contributed by atoms with Crippen molar-refractivity contribution in [3.8, 4) is 0 Å². The van der Waals surface area contributed by atoms with Gasteiger partial charge in [-0.3, -0.25) is 0 Å². The van der Waals surface area contributed by atoms with E-state index in [9.17, 15) is 0 Å². The predicted molar refractivity (Wildman–Crippen MR) is 105 cm³/mol. The number of fused-ring (bicyclic) bond motifs is 1. The molecule has 0 saturated heterocycles. The van der Waals surface area contributed by atoms with Crippen LogP contribution in [-0.2, 0) is 13.0 Å². The van der Waals surface area contributed by atoms with Crippen LogP contribution in [0.25, 0.3) is 11.0 Å². The van der Waals surface area contributed by atoms with E-state index in [0.29, 0.717) is 4.99 Å². The first-order chi connectivity index (χ1) is 11.5. The molecule has 0 unspecified atom stereocenters. The van der Waals surface area contributed by atoms with E-state index in [0.717, 1.165) is 36.3 Å². The normalized spacial score (nSPS) is 11.1. The molecule has 0 saturated carbocycles. The van der Waals surface area contributed by atoms with Gasteiger partial charge >= 0.3 is 0 Å². The Morgan fingerprint density at radius 3 is 2.62 bits per heavy atom. The highest BCUT2D eigenvalue weighted by atomic mass is 32.1. The van der Waals surface area contributed by atoms with Gasteiger partial charge in [0.05, 0.1) is 11.0 Å². The van der Waals surface area contributed by atoms with Crippen LogP contribution in [0, 0.1) is 13.8 Å². The van der Waals surface area contributed by atoms with E-state index in [-0.39, 0.29) is 0 Å². The topological polar surface area (TPSA) is 43.8 Å². The molecule has 3 aromatic rings. The number of benzene rings is 2. The highest BCUT2D eigenvalue weighted by Crippen LogP contribution is 2.23. The van der Waals surface area contributed by atoms with E-state index in [1.165, 1.54) is 22.2 Å². The van der Waals surface area contributed by atoms with Gasteiger partial charge in [0.1, 0.15) is 10.8 Å². The zero-order valence-electron chi connectivity index (χ0n) is 14.5. The van der Waals surface area contributed by atoms with Crippen molar-refractivity contribution in [2.24, 2.45) is 5.73 Å². The molecule has 2 N–H and O–H groups in total. The summed E-state index contributed by atoms with van der Waals surface area (Å²) in [6.07, 6.45) is 2.05. The minimum atomic E-state index is 0.438. The number of rotatable bonds is 5. The molecule has 0 bridgehead atoms. The fourth-order valence-corrected chi connectivity index (χ4v) is 3.15. The lowest BCUT2D eigenvalue weighted by Crippen LogP contribution is -2.11. The summed E-state index contributed by atoms with van der Waals surface area (Å²) in [5.41, 5.74) is 12.7. The number of aromatic nitrogens is 2. The molecule has 24 heavy (non-hydrogen) atoms. The van der Waals surface area contributed by atoms with Crippen LogP contribution in [0.1, 0.15) is 41.4 Å². The van der Waals surface area contributed by atoms with E-state index < -0.39 is 0 Å². The summed E-state index contributed by atoms with van der Waals surface area (Å²) in [7, 11) is 0. The maximum absolute atomic E-state index is 5.77. The molecular formula is C20H23N3S. The van der Waals surface area contributed by atoms with Gasteiger partial charge in [0, 0.05) is 18.5 Å². The third-order valence-electron chi connectivity index (χ3n) is 4.47. The van der Waals surface area contributed by atoms with Gasteiger partial charge in [-0.15, -0.1) is 0 Å². The van der Waals surface area contributed by atoms with Crippen molar-refractivity contribution in [2.45, 2.75) is 40.2 Å². The largest absolute Gasteiger partial charge is 0.389 e. The van der Waals surface area contributed by atoms with Gasteiger partial charge < -0.3 is 10.3 Å². The van der Waals surface area contributed by atoms with E-state index >= 15 is 0 Å². The number of thiocarbonyl (C=S) groups is 1. The van der Waals surface area contributed by atoms with Gasteiger partial charge in [0.25, 0.3) is 0 Å². The molecule has 3 rings (SSSR count). The van der Waals surface area contributed by atoms with Crippen molar-refractivity contribution in [3.05, 3.63) is 64.5 Å². The zero-order chi connectivity index (χ0) is 17.3. The Hall–Kier alpha value is -2.20. The molecule has 0 atom stereocenters. The fourth-order valence-electron chi connectivity index (χ4n) is 3.03. The van der Waals surface area contributed by atoms with Crippen molar-refractivity contribution in [1.29, 1.82) is 0 Å². The third-order valence-corrected chi connectivity index (χ3v) is 4.70. The van der Waals surface area contributed by atoms with Crippen molar-refractivity contribution in [2.75, 3.05) is 0 Å². The van der Waals surface area contributed by atoms with Gasteiger partial charge in [-0.25, -0.2) is 4.98 Å². The van der Waals surface area contributed by atoms with Gasteiger partial charge in [-0.2, -0.15) is 0 Å². The van der Waals surface area contributed by atoms with E-state index in [2.05, 4.69) is 49.6 Å². The molecule has 0 aliphatic carbocycles. The highest BCUT2D eigenvalue weighted by Gasteiger charge is 2.12. The van der Waals surface area contributed by atoms with E-state index in [4.69, 9.17) is 22.9 Å². The summed E-state index contributed by atoms with van der Waals surface area (Å²) in [4.78, 5) is 5.31. The van der Waals surface area contributed by atoms with E-state index in [1.54, 1.807) is 0 Å². The summed E-state index contributed by atoms with van der Waals surface area (Å²) in [5, 5.41) is 0. The second-order valence-corrected chi connectivity index (χ2v) is 6.79. The van der Waals surface area contributed by atoms with Crippen molar-refractivity contribution < 1.29 is 0 Å². The first kappa shape index (κ1) is 16.7. The monoisotopic (exact) mass is 337 g/mol. The third kappa shape index (κ3) is 3.20. The van der Waals surface area contributed by atoms with E-state index in [1.807, 2.05) is 12.1 Å². The van der Waals surface area contributed by atoms with Crippen LogP contribution in [0.5, 0.6) is 0 Å². The van der Waals surface area contributed by atoms with Crippen LogP contribution in [0.3, 0.4) is 0 Å². The standard InChI is InChI=1S/C20H23N3S/c1-4-6-19-22-17-9-13(2)14(3)10-18(17)23(19)12-15-7-5-8-16(11-15)20(21)24/h5,7-11H,4,6,12H2,1-3H3,(H2,21,24). The van der Waals surface area contributed by atoms with Crippen LogP contribution in [-0.4, -0.2) is 14.5 Å². The minimum Gasteiger partial charge on any atom is -0.389 e. The maximum Gasteiger partial charge on any atom is 0.110 e. The number of nitrogens with zero attached hydrogens (tertiary/aromatic N) is 2. The molecule has 0 fully saturated rings. The molecule has 4 heteroatoms. The summed E-state index contributed by atoms with van der Waals surface area (Å²) < 4.78 is 2.32. The molecule has 124 valence electrons. The quantitative estimate of drug-likeness (QED) is 0.706. The lowest BCUT2D eigenvalue weighted by atomic mass is 10.1. The molecule has 1 heterocycles. The molecule has 2 aromatic carbocycles. The number of aryl methyl sites for hydroxylation is 3. The Kier molecular flexibility index (Phi) is 4.67. The van der Waals surface area contributed by atoms with Crippen molar-refractivity contribution in [1.82, 2.24) is 9.55 Å². The average Bonchev–Trinajstić information content (AvgIpc) is 2.85. The average molecular weight is 337 g/mol. The Bertz CT molecular complexity index is 909. The smallest absolute Gasteiger partial charge is 0.110 e. The first-order valence-electron chi connectivity index (χ1n) is 8.34. The molecule has 0 amide bonds. The number of imidazole rings is 1. The summed E-state index contributed by atoms with van der Waals surface area (Å²) in [5.74, 6) is 1.14. The Balaban J connectivity index is 2.10. The highest BCUT2D eigenvalue weighted by molar-refractivity contribution is 7.80. The van der Waals surface area contributed by atoms with Gasteiger partial charge in [-0.05, 0) is 55.2 Å². The van der Waals surface area contributed by atoms with Crippen LogP contribution < -0.4 is 5.73 Å². The van der Waals surface area contributed by atoms with Gasteiger partial charge in [-0.1, -0.05) is 37.3 Å². The van der Waals surface area contributed by atoms with Crippen molar-refractivity contribution in [3.63, 3.8) is 0 Å². The molecule has 0 spiro atoms. The Morgan fingerprint density at radius 1 is 1.17 bits per heavy atom. The molecule has 3 nitrogen and oxygen atoms in total. The predicted octanol–water partition coefficient (Wildman–Crippen LogP) is 4.29. The second kappa shape index (κ2) is 6.73. The Morgan fingerprint density at radius 2 is 1.92 bits per heavy atom. The number of nitrogens with two attached hydrogens (primary N) is 1. The summed E-state index contributed by atoms with van der Waals surface area (Å²) in [6.45, 7) is 7.26. The fraction of sp³-hybridized carbons (Fsp3) is 0.300. The Labute approximate surface area is 148 Å². The number of hydrogen-bond acceptors (Lipinski definition) is 2. The lowest BCUT2D eigenvalue weighted by Gasteiger charge is -2.11. The molecular weight excluding hydrogens is 314 g/mol. The molecule has 0 radical (unpaired) electrons. The molecule has 1 aromatic heterocycles. The number of hydrogen-bond donors (Lipinski definition) is 1. The van der Waals surface area contributed by atoms with Gasteiger partial charge in [0.2, 0.25) is 0 Å². The first-order valence-corrected chi connectivity index (χ1v) is 8.75. The minimum absolute atomic E-state index is 0.438. The summed E-state index contributed by atoms with van der Waals surface area (Å²) >= 11 is 5.10. The summed E-state index contributed by atoms with van der Waals surface area (Å²) in [6, 6.07) is 12.6. The molecule has 0 aliphatic rings. The molecule has 0 aliphatic heterocycles. The van der Waals surface area contributed by atoms with Gasteiger partial charge in [0.15, 0.2) is 0 Å². The lowest BCUT2D eigenvalue weighted by molar-refractivity contribution is 0.721. The SMILES string of the molecule is CCCc1nc2cc(C)c(C)cc2n1Cc1cccc(C(N)=S)c1. The zero-order valence-corrected chi connectivity index (χ0v) is 15.3. The van der Waals surface area contributed by atoms with Crippen LogP contribution in [0.2, 0.25) is 0 Å². The van der Waals surface area contributed by atoms with Crippen LogP contribution >= 0.6 is 12.2 Å².